The van der Waals surface area contributed by atoms with Gasteiger partial charge in [0.1, 0.15) is 23.9 Å². The number of carbonyl (C=O) groups is 1. The number of nitrogens with zero attached hydrogens (tertiary/aromatic N) is 7. The van der Waals surface area contributed by atoms with Crippen molar-refractivity contribution in [3.8, 4) is 0 Å². The summed E-state index contributed by atoms with van der Waals surface area (Å²) in [6, 6.07) is 0.567. The molecule has 5 heterocycles. The zero-order valence-electron chi connectivity index (χ0n) is 25.7. The van der Waals surface area contributed by atoms with Crippen LogP contribution >= 0.6 is 0 Å². The summed E-state index contributed by atoms with van der Waals surface area (Å²) in [5.41, 5.74) is 0.780. The van der Waals surface area contributed by atoms with Crippen LogP contribution in [-0.4, -0.2) is 115 Å². The molecule has 11 heteroatoms. The number of hydrogen-bond donors (Lipinski definition) is 2. The van der Waals surface area contributed by atoms with E-state index in [0.29, 0.717) is 31.0 Å². The highest BCUT2D eigenvalue weighted by atomic mass is 16.6. The smallest absolute Gasteiger partial charge is 0.410 e. The Morgan fingerprint density at radius 1 is 1.07 bits per heavy atom. The number of nitrogens with one attached hydrogen (secondary N) is 2. The van der Waals surface area contributed by atoms with Gasteiger partial charge in [-0.05, 0) is 71.6 Å². The van der Waals surface area contributed by atoms with Crippen LogP contribution < -0.4 is 10.6 Å². The van der Waals surface area contributed by atoms with Gasteiger partial charge < -0.3 is 25.2 Å². The van der Waals surface area contributed by atoms with Crippen LogP contribution in [0.1, 0.15) is 72.1 Å². The van der Waals surface area contributed by atoms with Gasteiger partial charge in [-0.25, -0.2) is 14.8 Å². The fourth-order valence-corrected chi connectivity index (χ4v) is 7.01. The number of amidine groups is 1. The Bertz CT molecular complexity index is 1130. The monoisotopic (exact) mass is 579 g/mol. The minimum Gasteiger partial charge on any atom is -0.444 e. The molecule has 3 fully saturated rings. The minimum absolute atomic E-state index is 0.0652. The predicted molar refractivity (Wildman–Crippen MR) is 167 cm³/mol. The van der Waals surface area contributed by atoms with Crippen LogP contribution in [-0.2, 0) is 4.74 Å². The first-order valence-electron chi connectivity index (χ1n) is 16.2. The van der Waals surface area contributed by atoms with Crippen molar-refractivity contribution in [2.75, 3.05) is 45.8 Å². The molecule has 0 bridgehead atoms. The van der Waals surface area contributed by atoms with Crippen molar-refractivity contribution in [1.29, 1.82) is 0 Å². The molecule has 0 aromatic rings. The van der Waals surface area contributed by atoms with Crippen LogP contribution in [0.4, 0.5) is 4.79 Å². The number of piperidine rings is 1. The lowest BCUT2D eigenvalue weighted by Gasteiger charge is -2.37. The lowest BCUT2D eigenvalue weighted by atomic mass is 9.84. The largest absolute Gasteiger partial charge is 0.444 e. The number of ether oxygens (including phenoxy) is 1. The Morgan fingerprint density at radius 2 is 1.88 bits per heavy atom. The number of piperazine rings is 1. The molecule has 1 aliphatic carbocycles. The molecular formula is C31H49N9O2. The van der Waals surface area contributed by atoms with E-state index < -0.39 is 5.60 Å². The highest BCUT2D eigenvalue weighted by molar-refractivity contribution is 5.91. The summed E-state index contributed by atoms with van der Waals surface area (Å²) in [7, 11) is 0. The second kappa shape index (κ2) is 12.7. The number of hydrogen-bond acceptors (Lipinski definition) is 8. The van der Waals surface area contributed by atoms with Crippen molar-refractivity contribution in [2.45, 2.75) is 96.0 Å². The maximum absolute atomic E-state index is 12.4. The van der Waals surface area contributed by atoms with Gasteiger partial charge in [-0.3, -0.25) is 14.9 Å². The Kier molecular flexibility index (Phi) is 8.83. The van der Waals surface area contributed by atoms with E-state index in [1.165, 1.54) is 30.8 Å². The average Bonchev–Trinajstić information content (AvgIpc) is 3.39. The summed E-state index contributed by atoms with van der Waals surface area (Å²) in [6.45, 7) is 12.2. The fourth-order valence-electron chi connectivity index (χ4n) is 7.01. The molecule has 5 aliphatic heterocycles. The molecule has 5 atom stereocenters. The molecule has 0 saturated carbocycles. The molecule has 11 nitrogen and oxygen atoms in total. The second-order valence-electron chi connectivity index (χ2n) is 13.7. The highest BCUT2D eigenvalue weighted by Gasteiger charge is 2.35. The summed E-state index contributed by atoms with van der Waals surface area (Å²) in [4.78, 5) is 38.4. The molecule has 0 radical (unpaired) electrons. The van der Waals surface area contributed by atoms with Gasteiger partial charge in [0.05, 0.1) is 12.1 Å². The number of amides is 1. The number of rotatable bonds is 4. The molecule has 1 amide bonds. The van der Waals surface area contributed by atoms with Gasteiger partial charge in [0.2, 0.25) is 0 Å². The van der Waals surface area contributed by atoms with E-state index in [9.17, 15) is 4.79 Å². The zero-order valence-corrected chi connectivity index (χ0v) is 25.7. The summed E-state index contributed by atoms with van der Waals surface area (Å²) in [5, 5.41) is 7.20. The summed E-state index contributed by atoms with van der Waals surface area (Å²) >= 11 is 0. The first-order chi connectivity index (χ1) is 20.3. The van der Waals surface area contributed by atoms with Gasteiger partial charge in [0.15, 0.2) is 5.96 Å². The quantitative estimate of drug-likeness (QED) is 0.529. The molecule has 0 spiro atoms. The van der Waals surface area contributed by atoms with Gasteiger partial charge in [0, 0.05) is 70.1 Å². The van der Waals surface area contributed by atoms with E-state index in [-0.39, 0.29) is 18.3 Å². The maximum atomic E-state index is 12.4. The van der Waals surface area contributed by atoms with Gasteiger partial charge in [-0.15, -0.1) is 0 Å². The van der Waals surface area contributed by atoms with Crippen LogP contribution in [0.3, 0.4) is 0 Å². The molecule has 5 unspecified atom stereocenters. The minimum atomic E-state index is -0.457. The van der Waals surface area contributed by atoms with Gasteiger partial charge in [-0.1, -0.05) is 6.08 Å². The van der Waals surface area contributed by atoms with E-state index in [0.717, 1.165) is 70.8 Å². The Balaban J connectivity index is 0.981. The molecular weight excluding hydrogens is 530 g/mol. The standard InChI is InChI=1S/C31H49N9O2/c1-31(2,3)42-30(41)40-15-13-38(14-16-40)20-22-9-10-32-27(17-22)37-29-35-24-8-7-23(18-26(24)36-29)25-19-28(34-21-33-25)39-11-5-4-6-12-39/h10,18,21-25,27H,4-9,11-17,19-20H2,1-3H3,(H2,35,36,37). The summed E-state index contributed by atoms with van der Waals surface area (Å²) < 4.78 is 5.55. The second-order valence-corrected chi connectivity index (χ2v) is 13.7. The molecule has 6 rings (SSSR count). The van der Waals surface area contributed by atoms with Crippen LogP contribution in [0.15, 0.2) is 31.7 Å². The van der Waals surface area contributed by atoms with Crippen molar-refractivity contribution >= 4 is 30.4 Å². The van der Waals surface area contributed by atoms with Crippen LogP contribution in [0, 0.1) is 11.8 Å². The fraction of sp³-hybridized carbons (Fsp3) is 0.774. The SMILES string of the molecule is CC(C)(C)OC(=O)N1CCN(CC2CC=NC(N=C3NC4=CC(C5CC(N6CCCCC6)=NC=N5)CCC4N3)C2)CC1. The third-order valence-corrected chi connectivity index (χ3v) is 9.28. The van der Waals surface area contributed by atoms with E-state index in [1.54, 1.807) is 6.34 Å². The number of fused-ring (bicyclic) bond motifs is 1. The number of aliphatic imine (C=N–C) groups is 4. The Morgan fingerprint density at radius 3 is 2.67 bits per heavy atom. The molecule has 3 saturated heterocycles. The van der Waals surface area contributed by atoms with Crippen LogP contribution in [0.2, 0.25) is 0 Å². The predicted octanol–water partition coefficient (Wildman–Crippen LogP) is 3.24. The Hall–Kier alpha value is -2.95. The third kappa shape index (κ3) is 7.33. The van der Waals surface area contributed by atoms with E-state index in [4.69, 9.17) is 19.7 Å². The van der Waals surface area contributed by atoms with Gasteiger partial charge in [0.25, 0.3) is 0 Å². The molecule has 0 aromatic heterocycles. The van der Waals surface area contributed by atoms with Crippen LogP contribution in [0.25, 0.3) is 0 Å². The lowest BCUT2D eigenvalue weighted by Crippen LogP contribution is -2.51. The van der Waals surface area contributed by atoms with Gasteiger partial charge >= 0.3 is 6.09 Å². The zero-order chi connectivity index (χ0) is 29.1. The first-order valence-corrected chi connectivity index (χ1v) is 16.2. The van der Waals surface area contributed by atoms with Gasteiger partial charge in [-0.2, -0.15) is 0 Å². The molecule has 42 heavy (non-hydrogen) atoms. The van der Waals surface area contributed by atoms with E-state index in [1.807, 2.05) is 25.7 Å². The van der Waals surface area contributed by atoms with Crippen molar-refractivity contribution in [1.82, 2.24) is 25.3 Å². The van der Waals surface area contributed by atoms with E-state index >= 15 is 0 Å². The maximum Gasteiger partial charge on any atom is 0.410 e. The van der Waals surface area contributed by atoms with Crippen molar-refractivity contribution in [3.63, 3.8) is 0 Å². The highest BCUT2D eigenvalue weighted by Crippen LogP contribution is 2.31. The number of likely N-dealkylation sites (tertiary alicyclic amines) is 1. The topological polar surface area (TPSA) is 110 Å². The Labute approximate surface area is 250 Å². The van der Waals surface area contributed by atoms with Crippen molar-refractivity contribution in [2.24, 2.45) is 31.8 Å². The summed E-state index contributed by atoms with van der Waals surface area (Å²) in [6.07, 6.45) is 14.9. The summed E-state index contributed by atoms with van der Waals surface area (Å²) in [5.74, 6) is 3.01. The first kappa shape index (κ1) is 29.1. The third-order valence-electron chi connectivity index (χ3n) is 9.28. The normalized spacial score (nSPS) is 33.0. The van der Waals surface area contributed by atoms with Crippen molar-refractivity contribution in [3.05, 3.63) is 11.8 Å². The molecule has 2 N–H and O–H groups in total. The van der Waals surface area contributed by atoms with E-state index in [2.05, 4.69) is 37.7 Å². The molecule has 6 aliphatic rings. The van der Waals surface area contributed by atoms with Crippen molar-refractivity contribution < 1.29 is 9.53 Å². The number of carbonyl (C=O) groups excluding carboxylic acids is 1. The lowest BCUT2D eigenvalue weighted by molar-refractivity contribution is 0.0132. The molecule has 230 valence electrons. The van der Waals surface area contributed by atoms with Crippen LogP contribution in [0.5, 0.6) is 0 Å². The molecule has 0 aromatic carbocycles. The number of guanidine groups is 1. The average molecular weight is 580 g/mol.